The zero-order chi connectivity index (χ0) is 14.5. The molecule has 2 fully saturated rings. The lowest BCUT2D eigenvalue weighted by Crippen LogP contribution is -2.42. The van der Waals surface area contributed by atoms with Gasteiger partial charge in [0.25, 0.3) is 0 Å². The van der Waals surface area contributed by atoms with Gasteiger partial charge in [0.15, 0.2) is 0 Å². The third kappa shape index (κ3) is 4.19. The highest BCUT2D eigenvalue weighted by Crippen LogP contribution is 2.35. The van der Waals surface area contributed by atoms with Crippen LogP contribution >= 0.6 is 0 Å². The van der Waals surface area contributed by atoms with E-state index in [0.717, 1.165) is 37.6 Å². The van der Waals surface area contributed by atoms with E-state index in [1.54, 1.807) is 0 Å². The lowest BCUT2D eigenvalue weighted by molar-refractivity contribution is -0.0504. The second-order valence-corrected chi connectivity index (χ2v) is 7.22. The molecule has 1 saturated carbocycles. The quantitative estimate of drug-likeness (QED) is 0.812. The SMILES string of the molecule is CNC(COC1CC(C)CCC1C(C)C)C1CCOC1. The fourth-order valence-electron chi connectivity index (χ4n) is 3.86. The van der Waals surface area contributed by atoms with Crippen LogP contribution in [0.2, 0.25) is 0 Å². The Balaban J connectivity index is 1.85. The van der Waals surface area contributed by atoms with Crippen molar-refractivity contribution in [3.63, 3.8) is 0 Å². The minimum Gasteiger partial charge on any atom is -0.381 e. The Morgan fingerprint density at radius 1 is 1.25 bits per heavy atom. The van der Waals surface area contributed by atoms with Gasteiger partial charge in [0.2, 0.25) is 0 Å². The zero-order valence-electron chi connectivity index (χ0n) is 13.7. The first-order chi connectivity index (χ1) is 9.61. The molecule has 1 heterocycles. The average Bonchev–Trinajstić information content (AvgIpc) is 2.93. The summed E-state index contributed by atoms with van der Waals surface area (Å²) in [6.07, 6.45) is 5.57. The summed E-state index contributed by atoms with van der Waals surface area (Å²) in [7, 11) is 2.05. The van der Waals surface area contributed by atoms with Crippen molar-refractivity contribution in [2.75, 3.05) is 26.9 Å². The van der Waals surface area contributed by atoms with Gasteiger partial charge >= 0.3 is 0 Å². The molecule has 2 aliphatic rings. The minimum atomic E-state index is 0.447. The number of likely N-dealkylation sites (N-methyl/N-ethyl adjacent to an activating group) is 1. The molecule has 0 bridgehead atoms. The van der Waals surface area contributed by atoms with Gasteiger partial charge in [-0.25, -0.2) is 0 Å². The Hall–Kier alpha value is -0.120. The van der Waals surface area contributed by atoms with Crippen LogP contribution in [-0.4, -0.2) is 39.0 Å². The van der Waals surface area contributed by atoms with Crippen molar-refractivity contribution >= 4 is 0 Å². The van der Waals surface area contributed by atoms with Gasteiger partial charge in [-0.2, -0.15) is 0 Å². The number of hydrogen-bond donors (Lipinski definition) is 1. The molecule has 5 atom stereocenters. The molecule has 1 saturated heterocycles. The summed E-state index contributed by atoms with van der Waals surface area (Å²) in [6.45, 7) is 9.70. The lowest BCUT2D eigenvalue weighted by Gasteiger charge is -2.38. The molecule has 0 aromatic carbocycles. The van der Waals surface area contributed by atoms with Gasteiger partial charge in [0, 0.05) is 18.6 Å². The summed E-state index contributed by atoms with van der Waals surface area (Å²) in [6, 6.07) is 0.447. The number of nitrogens with one attached hydrogen (secondary N) is 1. The van der Waals surface area contributed by atoms with E-state index in [-0.39, 0.29) is 0 Å². The second kappa shape index (κ2) is 7.77. The first-order valence-corrected chi connectivity index (χ1v) is 8.48. The monoisotopic (exact) mass is 283 g/mol. The predicted molar refractivity (Wildman–Crippen MR) is 82.9 cm³/mol. The topological polar surface area (TPSA) is 30.5 Å². The Morgan fingerprint density at radius 2 is 2.05 bits per heavy atom. The van der Waals surface area contributed by atoms with Crippen molar-refractivity contribution in [3.8, 4) is 0 Å². The largest absolute Gasteiger partial charge is 0.381 e. The molecule has 2 rings (SSSR count). The molecular formula is C17H33NO2. The summed E-state index contributed by atoms with van der Waals surface area (Å²) in [5, 5.41) is 3.43. The first kappa shape index (κ1) is 16.3. The van der Waals surface area contributed by atoms with E-state index in [4.69, 9.17) is 9.47 Å². The molecular weight excluding hydrogens is 250 g/mol. The first-order valence-electron chi connectivity index (χ1n) is 8.48. The molecule has 1 aliphatic heterocycles. The van der Waals surface area contributed by atoms with Crippen LogP contribution in [0.25, 0.3) is 0 Å². The summed E-state index contributed by atoms with van der Waals surface area (Å²) < 4.78 is 11.9. The van der Waals surface area contributed by atoms with E-state index >= 15 is 0 Å². The van der Waals surface area contributed by atoms with Crippen LogP contribution in [0.4, 0.5) is 0 Å². The summed E-state index contributed by atoms with van der Waals surface area (Å²) in [5.74, 6) is 2.91. The molecule has 0 aromatic rings. The van der Waals surface area contributed by atoms with Crippen molar-refractivity contribution in [2.24, 2.45) is 23.7 Å². The highest BCUT2D eigenvalue weighted by atomic mass is 16.5. The third-order valence-electron chi connectivity index (χ3n) is 5.36. The maximum absolute atomic E-state index is 6.37. The third-order valence-corrected chi connectivity index (χ3v) is 5.36. The predicted octanol–water partition coefficient (Wildman–Crippen LogP) is 3.09. The van der Waals surface area contributed by atoms with Crippen molar-refractivity contribution in [1.29, 1.82) is 0 Å². The summed E-state index contributed by atoms with van der Waals surface area (Å²) >= 11 is 0. The van der Waals surface area contributed by atoms with E-state index in [0.29, 0.717) is 18.1 Å². The molecule has 0 spiro atoms. The molecule has 0 aromatic heterocycles. The van der Waals surface area contributed by atoms with Crippen molar-refractivity contribution in [1.82, 2.24) is 5.32 Å². The molecule has 3 heteroatoms. The van der Waals surface area contributed by atoms with Gasteiger partial charge in [-0.05, 0) is 44.1 Å². The number of ether oxygens (including phenoxy) is 2. The highest BCUT2D eigenvalue weighted by molar-refractivity contribution is 4.83. The van der Waals surface area contributed by atoms with Gasteiger partial charge in [0.05, 0.1) is 19.3 Å². The fraction of sp³-hybridized carbons (Fsp3) is 1.00. The number of rotatable bonds is 6. The number of hydrogen-bond acceptors (Lipinski definition) is 3. The molecule has 118 valence electrons. The molecule has 20 heavy (non-hydrogen) atoms. The maximum atomic E-state index is 6.37. The van der Waals surface area contributed by atoms with Crippen molar-refractivity contribution < 1.29 is 9.47 Å². The van der Waals surface area contributed by atoms with Crippen molar-refractivity contribution in [2.45, 2.75) is 58.6 Å². The molecule has 3 nitrogen and oxygen atoms in total. The van der Waals surface area contributed by atoms with Crippen molar-refractivity contribution in [3.05, 3.63) is 0 Å². The van der Waals surface area contributed by atoms with E-state index in [9.17, 15) is 0 Å². The summed E-state index contributed by atoms with van der Waals surface area (Å²) in [4.78, 5) is 0. The molecule has 1 aliphatic carbocycles. The molecule has 1 N–H and O–H groups in total. The molecule has 0 radical (unpaired) electrons. The lowest BCUT2D eigenvalue weighted by atomic mass is 9.75. The van der Waals surface area contributed by atoms with Gasteiger partial charge in [-0.1, -0.05) is 27.2 Å². The van der Waals surface area contributed by atoms with Crippen LogP contribution in [0.1, 0.15) is 46.5 Å². The van der Waals surface area contributed by atoms with Crippen LogP contribution in [0, 0.1) is 23.7 Å². The van der Waals surface area contributed by atoms with Crippen LogP contribution < -0.4 is 5.32 Å². The van der Waals surface area contributed by atoms with Crippen LogP contribution in [0.5, 0.6) is 0 Å². The standard InChI is InChI=1S/C17H33NO2/c1-12(2)15-6-5-13(3)9-17(15)20-11-16(18-4)14-7-8-19-10-14/h12-18H,5-11H2,1-4H3. The van der Waals surface area contributed by atoms with E-state index in [1.165, 1.54) is 25.7 Å². The van der Waals surface area contributed by atoms with Gasteiger partial charge in [-0.3, -0.25) is 0 Å². The minimum absolute atomic E-state index is 0.447. The average molecular weight is 283 g/mol. The van der Waals surface area contributed by atoms with Gasteiger partial charge < -0.3 is 14.8 Å². The Kier molecular flexibility index (Phi) is 6.31. The summed E-state index contributed by atoms with van der Waals surface area (Å²) in [5.41, 5.74) is 0. The molecule has 5 unspecified atom stereocenters. The van der Waals surface area contributed by atoms with Gasteiger partial charge in [0.1, 0.15) is 0 Å². The normalized spacial score (nSPS) is 36.5. The van der Waals surface area contributed by atoms with E-state index in [2.05, 4.69) is 33.1 Å². The maximum Gasteiger partial charge on any atom is 0.0627 e. The van der Waals surface area contributed by atoms with E-state index < -0.39 is 0 Å². The Labute approximate surface area is 124 Å². The van der Waals surface area contributed by atoms with E-state index in [1.807, 2.05) is 0 Å². The Bertz CT molecular complexity index is 276. The van der Waals surface area contributed by atoms with Crippen LogP contribution in [-0.2, 0) is 9.47 Å². The highest BCUT2D eigenvalue weighted by Gasteiger charge is 2.33. The van der Waals surface area contributed by atoms with Crippen LogP contribution in [0.3, 0.4) is 0 Å². The second-order valence-electron chi connectivity index (χ2n) is 7.22. The fourth-order valence-corrected chi connectivity index (χ4v) is 3.86. The van der Waals surface area contributed by atoms with Crippen LogP contribution in [0.15, 0.2) is 0 Å². The molecule has 0 amide bonds. The Morgan fingerprint density at radius 3 is 2.65 bits per heavy atom. The van der Waals surface area contributed by atoms with Gasteiger partial charge in [-0.15, -0.1) is 0 Å². The zero-order valence-corrected chi connectivity index (χ0v) is 13.7. The smallest absolute Gasteiger partial charge is 0.0627 e.